The number of piperazine rings is 1. The van der Waals surface area contributed by atoms with E-state index in [1.165, 1.54) is 17.4 Å². The molecule has 2 fully saturated rings. The summed E-state index contributed by atoms with van der Waals surface area (Å²) in [7, 11) is 1.71. The lowest BCUT2D eigenvalue weighted by Crippen LogP contribution is -2.46. The highest BCUT2D eigenvalue weighted by Crippen LogP contribution is 2.30. The fourth-order valence-corrected chi connectivity index (χ4v) is 4.03. The first-order chi connectivity index (χ1) is 14.6. The van der Waals surface area contributed by atoms with Gasteiger partial charge in [0.05, 0.1) is 29.3 Å². The molecule has 0 radical (unpaired) electrons. The summed E-state index contributed by atoms with van der Waals surface area (Å²) >= 11 is 0. The van der Waals surface area contributed by atoms with Crippen molar-refractivity contribution in [2.24, 2.45) is 13.0 Å². The Kier molecular flexibility index (Phi) is 4.86. The Morgan fingerprint density at radius 3 is 2.53 bits per heavy atom. The van der Waals surface area contributed by atoms with Gasteiger partial charge in [0.15, 0.2) is 0 Å². The summed E-state index contributed by atoms with van der Waals surface area (Å²) in [5, 5.41) is 0.692. The quantitative estimate of drug-likeness (QED) is 0.634. The van der Waals surface area contributed by atoms with Gasteiger partial charge in [-0.3, -0.25) is 19.1 Å². The second-order valence-corrected chi connectivity index (χ2v) is 8.44. The van der Waals surface area contributed by atoms with E-state index in [1.807, 2.05) is 18.2 Å². The van der Waals surface area contributed by atoms with Crippen molar-refractivity contribution in [2.75, 3.05) is 31.1 Å². The van der Waals surface area contributed by atoms with Crippen LogP contribution in [-0.4, -0.2) is 50.2 Å². The maximum Gasteiger partial charge on any atom is 0.261 e. The number of rotatable bonds is 5. The zero-order valence-corrected chi connectivity index (χ0v) is 17.2. The largest absolute Gasteiger partial charge is 0.369 e. The first-order valence-corrected chi connectivity index (χ1v) is 10.5. The van der Waals surface area contributed by atoms with Gasteiger partial charge in [0, 0.05) is 58.1 Å². The Morgan fingerprint density at radius 2 is 1.80 bits per heavy atom. The molecule has 0 unspecified atom stereocenters. The first kappa shape index (κ1) is 19.0. The maximum absolute atomic E-state index is 12.7. The fourth-order valence-electron chi connectivity index (χ4n) is 4.03. The third-order valence-corrected chi connectivity index (χ3v) is 6.12. The van der Waals surface area contributed by atoms with Crippen LogP contribution in [0.15, 0.2) is 46.5 Å². The second kappa shape index (κ2) is 7.68. The van der Waals surface area contributed by atoms with Crippen LogP contribution in [0.25, 0.3) is 10.9 Å². The van der Waals surface area contributed by atoms with Crippen LogP contribution < -0.4 is 16.0 Å². The molecule has 1 aliphatic heterocycles. The van der Waals surface area contributed by atoms with Crippen molar-refractivity contribution in [3.63, 3.8) is 0 Å². The molecule has 8 nitrogen and oxygen atoms in total. The van der Waals surface area contributed by atoms with Crippen molar-refractivity contribution in [2.45, 2.75) is 25.9 Å². The van der Waals surface area contributed by atoms with Crippen LogP contribution in [0.1, 0.15) is 18.5 Å². The molecule has 8 heteroatoms. The van der Waals surface area contributed by atoms with Gasteiger partial charge in [-0.2, -0.15) is 0 Å². The average molecular weight is 406 g/mol. The van der Waals surface area contributed by atoms with Gasteiger partial charge in [-0.15, -0.1) is 0 Å². The minimum atomic E-state index is -0.0292. The zero-order valence-electron chi connectivity index (χ0n) is 17.2. The molecule has 3 aromatic rings. The molecule has 30 heavy (non-hydrogen) atoms. The molecule has 156 valence electrons. The van der Waals surface area contributed by atoms with Gasteiger partial charge in [0.25, 0.3) is 11.1 Å². The van der Waals surface area contributed by atoms with E-state index in [9.17, 15) is 9.59 Å². The van der Waals surface area contributed by atoms with E-state index in [2.05, 4.69) is 19.8 Å². The van der Waals surface area contributed by atoms with E-state index in [1.54, 1.807) is 30.3 Å². The van der Waals surface area contributed by atoms with E-state index in [0.29, 0.717) is 17.8 Å². The lowest BCUT2D eigenvalue weighted by Gasteiger charge is -2.36. The minimum absolute atomic E-state index is 0.0292. The molecule has 0 bridgehead atoms. The number of aryl methyl sites for hydroxylation is 1. The highest BCUT2D eigenvalue weighted by atomic mass is 16.1. The molecule has 1 saturated carbocycles. The number of aromatic nitrogens is 4. The number of hydrogen-bond acceptors (Lipinski definition) is 6. The van der Waals surface area contributed by atoms with E-state index in [-0.39, 0.29) is 11.1 Å². The van der Waals surface area contributed by atoms with Crippen LogP contribution in [0.2, 0.25) is 0 Å². The average Bonchev–Trinajstić information content (AvgIpc) is 3.57. The molecular weight excluding hydrogens is 380 g/mol. The summed E-state index contributed by atoms with van der Waals surface area (Å²) in [5.41, 5.74) is 2.70. The summed E-state index contributed by atoms with van der Waals surface area (Å²) < 4.78 is 3.24. The van der Waals surface area contributed by atoms with E-state index < -0.39 is 0 Å². The Labute approximate surface area is 174 Å². The number of hydrogen-bond donors (Lipinski definition) is 0. The van der Waals surface area contributed by atoms with Crippen LogP contribution in [0, 0.1) is 5.92 Å². The third kappa shape index (κ3) is 3.87. The van der Waals surface area contributed by atoms with Gasteiger partial charge in [-0.05, 0) is 37.0 Å². The molecular formula is C22H26N6O2. The zero-order chi connectivity index (χ0) is 20.7. The molecule has 5 rings (SSSR count). The first-order valence-electron chi connectivity index (χ1n) is 10.5. The standard InChI is InChI=1S/C22H26N6O2/c1-25-14-23-17(10-21(25)29)13-26-6-8-27(9-7-26)18-4-5-19-20(11-18)24-15-28(22(19)30)12-16-2-3-16/h4-5,10-11,14-16H,2-3,6-9,12-13H2,1H3. The SMILES string of the molecule is Cn1cnc(CN2CCN(c3ccc4c(=O)n(CC5CC5)cnc4c3)CC2)cc1=O. The molecule has 1 aromatic carbocycles. The summed E-state index contributed by atoms with van der Waals surface area (Å²) in [6.45, 7) is 5.03. The van der Waals surface area contributed by atoms with Crippen molar-refractivity contribution in [1.82, 2.24) is 24.0 Å². The van der Waals surface area contributed by atoms with Gasteiger partial charge in [-0.1, -0.05) is 0 Å². The molecule has 2 aliphatic rings. The summed E-state index contributed by atoms with van der Waals surface area (Å²) in [6.07, 6.45) is 5.70. The molecule has 0 amide bonds. The summed E-state index contributed by atoms with van der Waals surface area (Å²) in [4.78, 5) is 38.0. The number of fused-ring (bicyclic) bond motifs is 1. The molecule has 2 aromatic heterocycles. The second-order valence-electron chi connectivity index (χ2n) is 8.44. The Hall–Kier alpha value is -3.00. The van der Waals surface area contributed by atoms with Crippen LogP contribution >= 0.6 is 0 Å². The Morgan fingerprint density at radius 1 is 1.00 bits per heavy atom. The Balaban J connectivity index is 1.26. The topological polar surface area (TPSA) is 76.3 Å². The number of benzene rings is 1. The monoisotopic (exact) mass is 406 g/mol. The number of anilines is 1. The summed E-state index contributed by atoms with van der Waals surface area (Å²) in [6, 6.07) is 7.58. The Bertz CT molecular complexity index is 1190. The molecule has 1 saturated heterocycles. The van der Waals surface area contributed by atoms with E-state index in [4.69, 9.17) is 0 Å². The van der Waals surface area contributed by atoms with E-state index in [0.717, 1.165) is 49.6 Å². The van der Waals surface area contributed by atoms with Gasteiger partial charge in [0.1, 0.15) is 0 Å². The summed E-state index contributed by atoms with van der Waals surface area (Å²) in [5.74, 6) is 0.645. The predicted octanol–water partition coefficient (Wildman–Crippen LogP) is 1.22. The highest BCUT2D eigenvalue weighted by Gasteiger charge is 2.23. The maximum atomic E-state index is 12.7. The predicted molar refractivity (Wildman–Crippen MR) is 116 cm³/mol. The van der Waals surface area contributed by atoms with Crippen molar-refractivity contribution < 1.29 is 0 Å². The van der Waals surface area contributed by atoms with Crippen LogP contribution in [0.3, 0.4) is 0 Å². The number of nitrogens with zero attached hydrogens (tertiary/aromatic N) is 6. The highest BCUT2D eigenvalue weighted by molar-refractivity contribution is 5.81. The minimum Gasteiger partial charge on any atom is -0.369 e. The normalized spacial score (nSPS) is 17.6. The van der Waals surface area contributed by atoms with Gasteiger partial charge in [0.2, 0.25) is 0 Å². The van der Waals surface area contributed by atoms with Crippen molar-refractivity contribution in [3.8, 4) is 0 Å². The molecule has 3 heterocycles. The van der Waals surface area contributed by atoms with Crippen molar-refractivity contribution in [3.05, 3.63) is 63.3 Å². The van der Waals surface area contributed by atoms with Crippen LogP contribution in [-0.2, 0) is 20.1 Å². The third-order valence-electron chi connectivity index (χ3n) is 6.12. The van der Waals surface area contributed by atoms with Crippen LogP contribution in [0.5, 0.6) is 0 Å². The van der Waals surface area contributed by atoms with Gasteiger partial charge < -0.3 is 9.47 Å². The molecule has 0 spiro atoms. The molecule has 1 aliphatic carbocycles. The van der Waals surface area contributed by atoms with Gasteiger partial charge >= 0.3 is 0 Å². The lowest BCUT2D eigenvalue weighted by molar-refractivity contribution is 0.246. The van der Waals surface area contributed by atoms with Crippen LogP contribution in [0.4, 0.5) is 5.69 Å². The van der Waals surface area contributed by atoms with E-state index >= 15 is 0 Å². The lowest BCUT2D eigenvalue weighted by atomic mass is 10.2. The van der Waals surface area contributed by atoms with Crippen molar-refractivity contribution >= 4 is 16.6 Å². The smallest absolute Gasteiger partial charge is 0.261 e. The fraction of sp³-hybridized carbons (Fsp3) is 0.455. The van der Waals surface area contributed by atoms with Gasteiger partial charge in [-0.25, -0.2) is 9.97 Å². The molecule has 0 atom stereocenters. The van der Waals surface area contributed by atoms with Crippen molar-refractivity contribution in [1.29, 1.82) is 0 Å². The molecule has 0 N–H and O–H groups in total.